The third kappa shape index (κ3) is 3.81. The molecule has 1 amide bonds. The first kappa shape index (κ1) is 12.4. The monoisotopic (exact) mass is 223 g/mol. The number of ether oxygens (including phenoxy) is 2. The van der Waals surface area contributed by atoms with E-state index in [9.17, 15) is 4.79 Å². The number of carbonyl (C=O) groups excluding carboxylic acids is 1. The molecular formula is C12H17NO3. The number of rotatable bonds is 5. The third-order valence-electron chi connectivity index (χ3n) is 2.14. The van der Waals surface area contributed by atoms with Gasteiger partial charge in [-0.2, -0.15) is 0 Å². The Kier molecular flexibility index (Phi) is 4.64. The Balaban J connectivity index is 2.34. The minimum Gasteiger partial charge on any atom is -0.497 e. The van der Waals surface area contributed by atoms with Crippen LogP contribution in [0.3, 0.4) is 0 Å². The number of nitrogens with zero attached hydrogens (tertiary/aromatic N) is 1. The van der Waals surface area contributed by atoms with Gasteiger partial charge in [0.2, 0.25) is 5.91 Å². The molecule has 0 saturated carbocycles. The first-order valence-corrected chi connectivity index (χ1v) is 5.10. The predicted octanol–water partition coefficient (Wildman–Crippen LogP) is 1.55. The second-order valence-electron chi connectivity index (χ2n) is 3.56. The molecule has 0 aliphatic heterocycles. The predicted molar refractivity (Wildman–Crippen MR) is 61.8 cm³/mol. The van der Waals surface area contributed by atoms with Crippen LogP contribution in [0.25, 0.3) is 0 Å². The minimum atomic E-state index is 0.0634. The second-order valence-corrected chi connectivity index (χ2v) is 3.56. The molecule has 0 aliphatic carbocycles. The number of hydrogen-bond donors (Lipinski definition) is 0. The Morgan fingerprint density at radius 2 is 1.75 bits per heavy atom. The zero-order chi connectivity index (χ0) is 12.0. The number of benzene rings is 1. The van der Waals surface area contributed by atoms with Crippen molar-refractivity contribution in [1.82, 2.24) is 4.90 Å². The lowest BCUT2D eigenvalue weighted by Gasteiger charge is -2.11. The van der Waals surface area contributed by atoms with Gasteiger partial charge < -0.3 is 14.4 Å². The van der Waals surface area contributed by atoms with E-state index in [1.54, 1.807) is 26.1 Å². The van der Waals surface area contributed by atoms with E-state index in [-0.39, 0.29) is 5.91 Å². The van der Waals surface area contributed by atoms with Crippen molar-refractivity contribution in [1.29, 1.82) is 0 Å². The molecule has 0 atom stereocenters. The highest BCUT2D eigenvalue weighted by Gasteiger charge is 2.03. The summed E-state index contributed by atoms with van der Waals surface area (Å²) in [6.45, 7) is 0.392. The van der Waals surface area contributed by atoms with Gasteiger partial charge in [0.15, 0.2) is 0 Å². The zero-order valence-corrected chi connectivity index (χ0v) is 9.90. The summed E-state index contributed by atoms with van der Waals surface area (Å²) in [7, 11) is 5.08. The van der Waals surface area contributed by atoms with Gasteiger partial charge in [-0.25, -0.2) is 0 Å². The fourth-order valence-electron chi connectivity index (χ4n) is 1.15. The lowest BCUT2D eigenvalue weighted by molar-refractivity contribution is -0.129. The summed E-state index contributed by atoms with van der Waals surface area (Å²) in [4.78, 5) is 12.8. The highest BCUT2D eigenvalue weighted by Crippen LogP contribution is 2.16. The van der Waals surface area contributed by atoms with Crippen LogP contribution in [0, 0.1) is 0 Å². The first-order chi connectivity index (χ1) is 7.63. The normalized spacial score (nSPS) is 9.69. The Labute approximate surface area is 95.8 Å². The Hall–Kier alpha value is -1.71. The molecule has 0 unspecified atom stereocenters. The summed E-state index contributed by atoms with van der Waals surface area (Å²) < 4.78 is 10.5. The lowest BCUT2D eigenvalue weighted by atomic mass is 10.3. The highest BCUT2D eigenvalue weighted by atomic mass is 16.5. The number of methoxy groups -OCH3 is 1. The molecule has 0 bridgehead atoms. The third-order valence-corrected chi connectivity index (χ3v) is 2.14. The molecular weight excluding hydrogens is 206 g/mol. The Morgan fingerprint density at radius 3 is 2.25 bits per heavy atom. The minimum absolute atomic E-state index is 0.0634. The Morgan fingerprint density at radius 1 is 1.19 bits per heavy atom. The average molecular weight is 223 g/mol. The van der Waals surface area contributed by atoms with Gasteiger partial charge in [0.05, 0.1) is 20.1 Å². The molecule has 4 nitrogen and oxygen atoms in total. The number of carbonyl (C=O) groups is 1. The SMILES string of the molecule is COc1ccc(OCCC(=O)N(C)C)cc1. The lowest BCUT2D eigenvalue weighted by Crippen LogP contribution is -2.23. The topological polar surface area (TPSA) is 38.8 Å². The van der Waals surface area contributed by atoms with Gasteiger partial charge in [0, 0.05) is 14.1 Å². The highest BCUT2D eigenvalue weighted by molar-refractivity contribution is 5.75. The van der Waals surface area contributed by atoms with E-state index in [1.807, 2.05) is 24.3 Å². The van der Waals surface area contributed by atoms with Crippen molar-refractivity contribution < 1.29 is 14.3 Å². The molecule has 1 aromatic rings. The van der Waals surface area contributed by atoms with E-state index in [0.29, 0.717) is 13.0 Å². The molecule has 88 valence electrons. The van der Waals surface area contributed by atoms with Crippen LogP contribution >= 0.6 is 0 Å². The van der Waals surface area contributed by atoms with Crippen molar-refractivity contribution >= 4 is 5.91 Å². The molecule has 1 rings (SSSR count). The van der Waals surface area contributed by atoms with Gasteiger partial charge in [-0.1, -0.05) is 0 Å². The van der Waals surface area contributed by atoms with Crippen LogP contribution in [-0.2, 0) is 4.79 Å². The van der Waals surface area contributed by atoms with Crippen molar-refractivity contribution in [2.45, 2.75) is 6.42 Å². The van der Waals surface area contributed by atoms with Gasteiger partial charge in [-0.15, -0.1) is 0 Å². The molecule has 0 fully saturated rings. The van der Waals surface area contributed by atoms with Crippen LogP contribution < -0.4 is 9.47 Å². The van der Waals surface area contributed by atoms with E-state index in [2.05, 4.69) is 0 Å². The second kappa shape index (κ2) is 6.00. The van der Waals surface area contributed by atoms with Crippen LogP contribution in [0.5, 0.6) is 11.5 Å². The van der Waals surface area contributed by atoms with E-state index < -0.39 is 0 Å². The van der Waals surface area contributed by atoms with Crippen molar-refractivity contribution in [3.8, 4) is 11.5 Å². The quantitative estimate of drug-likeness (QED) is 0.760. The van der Waals surface area contributed by atoms with Gasteiger partial charge >= 0.3 is 0 Å². The molecule has 0 spiro atoms. The average Bonchev–Trinajstić information content (AvgIpc) is 2.29. The van der Waals surface area contributed by atoms with Crippen LogP contribution in [0.4, 0.5) is 0 Å². The molecule has 0 aromatic heterocycles. The summed E-state index contributed by atoms with van der Waals surface area (Å²) in [6, 6.07) is 7.28. The molecule has 0 heterocycles. The molecule has 16 heavy (non-hydrogen) atoms. The van der Waals surface area contributed by atoms with E-state index in [0.717, 1.165) is 11.5 Å². The van der Waals surface area contributed by atoms with Gasteiger partial charge in [-0.05, 0) is 24.3 Å². The summed E-state index contributed by atoms with van der Waals surface area (Å²) in [6.07, 6.45) is 0.388. The first-order valence-electron chi connectivity index (χ1n) is 5.10. The van der Waals surface area contributed by atoms with E-state index >= 15 is 0 Å². The molecule has 4 heteroatoms. The summed E-state index contributed by atoms with van der Waals surface area (Å²) in [5.74, 6) is 1.59. The van der Waals surface area contributed by atoms with Crippen LogP contribution in [0.2, 0.25) is 0 Å². The maximum Gasteiger partial charge on any atom is 0.225 e. The van der Waals surface area contributed by atoms with Gasteiger partial charge in [0.25, 0.3) is 0 Å². The summed E-state index contributed by atoms with van der Waals surface area (Å²) in [5, 5.41) is 0. The standard InChI is InChI=1S/C12H17NO3/c1-13(2)12(14)8-9-16-11-6-4-10(15-3)5-7-11/h4-7H,8-9H2,1-3H3. The van der Waals surface area contributed by atoms with Crippen LogP contribution in [-0.4, -0.2) is 38.6 Å². The number of hydrogen-bond acceptors (Lipinski definition) is 3. The van der Waals surface area contributed by atoms with Crippen LogP contribution in [0.15, 0.2) is 24.3 Å². The number of amides is 1. The van der Waals surface area contributed by atoms with Crippen LogP contribution in [0.1, 0.15) is 6.42 Å². The summed E-state index contributed by atoms with van der Waals surface area (Å²) in [5.41, 5.74) is 0. The van der Waals surface area contributed by atoms with Crippen molar-refractivity contribution in [3.05, 3.63) is 24.3 Å². The molecule has 0 aliphatic rings. The molecule has 1 aromatic carbocycles. The zero-order valence-electron chi connectivity index (χ0n) is 9.90. The fourth-order valence-corrected chi connectivity index (χ4v) is 1.15. The van der Waals surface area contributed by atoms with E-state index in [4.69, 9.17) is 9.47 Å². The van der Waals surface area contributed by atoms with Crippen molar-refractivity contribution in [2.24, 2.45) is 0 Å². The maximum atomic E-state index is 11.3. The Bertz CT molecular complexity index is 333. The van der Waals surface area contributed by atoms with E-state index in [1.165, 1.54) is 0 Å². The van der Waals surface area contributed by atoms with Crippen molar-refractivity contribution in [3.63, 3.8) is 0 Å². The largest absolute Gasteiger partial charge is 0.497 e. The van der Waals surface area contributed by atoms with Gasteiger partial charge in [0.1, 0.15) is 11.5 Å². The molecule has 0 N–H and O–H groups in total. The maximum absolute atomic E-state index is 11.3. The molecule has 0 saturated heterocycles. The summed E-state index contributed by atoms with van der Waals surface area (Å²) >= 11 is 0. The van der Waals surface area contributed by atoms with Gasteiger partial charge in [-0.3, -0.25) is 4.79 Å². The fraction of sp³-hybridized carbons (Fsp3) is 0.417. The van der Waals surface area contributed by atoms with Crippen molar-refractivity contribution in [2.75, 3.05) is 27.8 Å². The molecule has 0 radical (unpaired) electrons. The smallest absolute Gasteiger partial charge is 0.225 e.